The van der Waals surface area contributed by atoms with E-state index < -0.39 is 10.0 Å². The summed E-state index contributed by atoms with van der Waals surface area (Å²) in [5.74, 6) is 0.0948. The second-order valence-electron chi connectivity index (χ2n) is 5.08. The van der Waals surface area contributed by atoms with Crippen molar-refractivity contribution in [1.29, 1.82) is 0 Å². The minimum absolute atomic E-state index is 0.0170. The largest absolute Gasteiger partial charge is 0.283 e. The summed E-state index contributed by atoms with van der Waals surface area (Å²) in [5.41, 5.74) is 3.78. The van der Waals surface area contributed by atoms with Gasteiger partial charge in [0.2, 0.25) is 5.03 Å². The molecular formula is C14H18ClN3O2S. The zero-order chi connectivity index (χ0) is 15.8. The predicted molar refractivity (Wildman–Crippen MR) is 84.4 cm³/mol. The number of rotatable bonds is 4. The molecule has 7 heteroatoms. The Morgan fingerprint density at radius 2 is 1.76 bits per heavy atom. The summed E-state index contributed by atoms with van der Waals surface area (Å²) >= 11 is 5.84. The van der Waals surface area contributed by atoms with E-state index in [0.29, 0.717) is 16.9 Å². The van der Waals surface area contributed by atoms with Gasteiger partial charge in [-0.1, -0.05) is 6.07 Å². The number of H-pyrrole nitrogens is 1. The number of anilines is 1. The smallest absolute Gasteiger partial charge is 0.281 e. The van der Waals surface area contributed by atoms with Gasteiger partial charge in [-0.05, 0) is 44.0 Å². The molecule has 1 heterocycles. The average Bonchev–Trinajstić information content (AvgIpc) is 2.78. The van der Waals surface area contributed by atoms with Gasteiger partial charge in [-0.15, -0.1) is 11.6 Å². The van der Waals surface area contributed by atoms with Crippen LogP contribution in [0.2, 0.25) is 0 Å². The molecule has 0 bridgehead atoms. The van der Waals surface area contributed by atoms with E-state index in [4.69, 9.17) is 11.6 Å². The molecule has 0 fully saturated rings. The summed E-state index contributed by atoms with van der Waals surface area (Å²) in [6.07, 6.45) is 0. The normalized spacial score (nSPS) is 11.7. The van der Waals surface area contributed by atoms with Crippen molar-refractivity contribution in [2.75, 3.05) is 11.4 Å². The summed E-state index contributed by atoms with van der Waals surface area (Å²) < 4.78 is 26.7. The molecule has 114 valence electrons. The zero-order valence-corrected chi connectivity index (χ0v) is 14.0. The summed E-state index contributed by atoms with van der Waals surface area (Å²) in [5, 5.41) is 6.58. The molecule has 0 unspecified atom stereocenters. The van der Waals surface area contributed by atoms with Crippen LogP contribution < -0.4 is 4.31 Å². The van der Waals surface area contributed by atoms with Crippen molar-refractivity contribution in [3.8, 4) is 0 Å². The Morgan fingerprint density at radius 1 is 1.19 bits per heavy atom. The fourth-order valence-electron chi connectivity index (χ4n) is 2.20. The van der Waals surface area contributed by atoms with Crippen LogP contribution in [0.15, 0.2) is 23.2 Å². The third-order valence-electron chi connectivity index (χ3n) is 3.34. The topological polar surface area (TPSA) is 66.1 Å². The molecule has 0 aliphatic heterocycles. The Balaban J connectivity index is 2.52. The quantitative estimate of drug-likeness (QED) is 0.878. The molecule has 1 N–H and O–H groups in total. The van der Waals surface area contributed by atoms with Crippen LogP contribution in [0.5, 0.6) is 0 Å². The summed E-state index contributed by atoms with van der Waals surface area (Å²) in [4.78, 5) is 0. The number of hydrogen-bond acceptors (Lipinski definition) is 3. The molecule has 1 aromatic heterocycles. The van der Waals surface area contributed by atoms with Gasteiger partial charge >= 0.3 is 0 Å². The number of aryl methyl sites for hydroxylation is 3. The standard InChI is InChI=1S/C14H18ClN3O2S/c1-9-5-10(2)7-12(6-9)18(4)21(19,20)14-13(8-15)11(3)16-17-14/h5-7H,8H2,1-4H3,(H,16,17). The lowest BCUT2D eigenvalue weighted by molar-refractivity contribution is 0.589. The molecule has 0 aliphatic rings. The van der Waals surface area contributed by atoms with Gasteiger partial charge in [-0.2, -0.15) is 13.5 Å². The molecule has 0 spiro atoms. The number of alkyl halides is 1. The van der Waals surface area contributed by atoms with Gasteiger partial charge in [-0.3, -0.25) is 9.40 Å². The van der Waals surface area contributed by atoms with Crippen LogP contribution in [-0.2, 0) is 15.9 Å². The third kappa shape index (κ3) is 2.91. The maximum Gasteiger partial charge on any atom is 0.283 e. The van der Waals surface area contributed by atoms with Crippen molar-refractivity contribution in [1.82, 2.24) is 10.2 Å². The summed E-state index contributed by atoms with van der Waals surface area (Å²) in [6, 6.07) is 5.64. The lowest BCUT2D eigenvalue weighted by Crippen LogP contribution is -2.27. The SMILES string of the molecule is Cc1cc(C)cc(N(C)S(=O)(=O)c2n[nH]c(C)c2CCl)c1. The van der Waals surface area contributed by atoms with Crippen LogP contribution in [-0.4, -0.2) is 25.7 Å². The van der Waals surface area contributed by atoms with Crippen molar-refractivity contribution in [2.45, 2.75) is 31.7 Å². The van der Waals surface area contributed by atoms with Crippen LogP contribution in [0.25, 0.3) is 0 Å². The maximum absolute atomic E-state index is 12.7. The molecule has 1 aromatic carbocycles. The first-order valence-corrected chi connectivity index (χ1v) is 8.42. The van der Waals surface area contributed by atoms with Crippen molar-refractivity contribution < 1.29 is 8.42 Å². The van der Waals surface area contributed by atoms with E-state index in [0.717, 1.165) is 11.1 Å². The monoisotopic (exact) mass is 327 g/mol. The van der Waals surface area contributed by atoms with E-state index in [1.165, 1.54) is 11.4 Å². The van der Waals surface area contributed by atoms with Crippen molar-refractivity contribution in [2.24, 2.45) is 0 Å². The van der Waals surface area contributed by atoms with E-state index in [1.54, 1.807) is 6.92 Å². The van der Waals surface area contributed by atoms with Gasteiger partial charge in [0.25, 0.3) is 10.0 Å². The highest BCUT2D eigenvalue weighted by molar-refractivity contribution is 7.92. The molecule has 0 aliphatic carbocycles. The van der Waals surface area contributed by atoms with Crippen LogP contribution in [0.3, 0.4) is 0 Å². The maximum atomic E-state index is 12.7. The Hall–Kier alpha value is -1.53. The van der Waals surface area contributed by atoms with E-state index >= 15 is 0 Å². The number of sulfonamides is 1. The fraction of sp³-hybridized carbons (Fsp3) is 0.357. The van der Waals surface area contributed by atoms with Crippen LogP contribution in [0.4, 0.5) is 5.69 Å². The molecular weight excluding hydrogens is 310 g/mol. The molecule has 2 aromatic rings. The summed E-state index contributed by atoms with van der Waals surface area (Å²) in [7, 11) is -2.22. The number of benzene rings is 1. The first kappa shape index (κ1) is 15.9. The molecule has 0 amide bonds. The van der Waals surface area contributed by atoms with Gasteiger partial charge in [0.05, 0.1) is 11.6 Å². The molecule has 0 saturated heterocycles. The molecule has 0 radical (unpaired) electrons. The number of hydrogen-bond donors (Lipinski definition) is 1. The van der Waals surface area contributed by atoms with Gasteiger partial charge in [0.1, 0.15) is 0 Å². The number of halogens is 1. The molecule has 21 heavy (non-hydrogen) atoms. The highest BCUT2D eigenvalue weighted by Crippen LogP contribution is 2.26. The second kappa shape index (κ2) is 5.69. The van der Waals surface area contributed by atoms with Gasteiger partial charge in [0, 0.05) is 18.3 Å². The highest BCUT2D eigenvalue weighted by Gasteiger charge is 2.28. The van der Waals surface area contributed by atoms with Crippen molar-refractivity contribution in [3.05, 3.63) is 40.6 Å². The molecule has 0 saturated carbocycles. The molecule has 5 nitrogen and oxygen atoms in total. The number of aromatic amines is 1. The van der Waals surface area contributed by atoms with Crippen LogP contribution >= 0.6 is 11.6 Å². The number of aromatic nitrogens is 2. The predicted octanol–water partition coefficient (Wildman–Crippen LogP) is 2.90. The molecule has 0 atom stereocenters. The second-order valence-corrected chi connectivity index (χ2v) is 7.24. The molecule has 2 rings (SSSR count). The first-order valence-electron chi connectivity index (χ1n) is 6.44. The Morgan fingerprint density at radius 3 is 2.29 bits per heavy atom. The van der Waals surface area contributed by atoms with Crippen molar-refractivity contribution >= 4 is 27.3 Å². The van der Waals surface area contributed by atoms with E-state index in [9.17, 15) is 8.42 Å². The van der Waals surface area contributed by atoms with E-state index in [2.05, 4.69) is 10.2 Å². The van der Waals surface area contributed by atoms with Gasteiger partial charge in [0.15, 0.2) is 0 Å². The Bertz CT molecular complexity index is 748. The lowest BCUT2D eigenvalue weighted by Gasteiger charge is -2.19. The van der Waals surface area contributed by atoms with E-state index in [1.807, 2.05) is 32.0 Å². The third-order valence-corrected chi connectivity index (χ3v) is 5.37. The lowest BCUT2D eigenvalue weighted by atomic mass is 10.1. The highest BCUT2D eigenvalue weighted by atomic mass is 35.5. The summed E-state index contributed by atoms with van der Waals surface area (Å²) in [6.45, 7) is 5.61. The minimum Gasteiger partial charge on any atom is -0.281 e. The average molecular weight is 328 g/mol. The minimum atomic E-state index is -3.74. The Labute approximate surface area is 130 Å². The van der Waals surface area contributed by atoms with E-state index in [-0.39, 0.29) is 10.9 Å². The van der Waals surface area contributed by atoms with Gasteiger partial charge < -0.3 is 0 Å². The van der Waals surface area contributed by atoms with Crippen LogP contribution in [0, 0.1) is 20.8 Å². The zero-order valence-electron chi connectivity index (χ0n) is 12.4. The van der Waals surface area contributed by atoms with Gasteiger partial charge in [-0.25, -0.2) is 0 Å². The number of nitrogens with zero attached hydrogens (tertiary/aromatic N) is 2. The fourth-order valence-corrected chi connectivity index (χ4v) is 3.95. The Kier molecular flexibility index (Phi) is 4.30. The van der Waals surface area contributed by atoms with Crippen LogP contribution in [0.1, 0.15) is 22.4 Å². The van der Waals surface area contributed by atoms with Crippen molar-refractivity contribution in [3.63, 3.8) is 0 Å². The first-order chi connectivity index (χ1) is 9.77. The number of nitrogens with one attached hydrogen (secondary N) is 1.